The van der Waals surface area contributed by atoms with E-state index in [0.29, 0.717) is 5.56 Å². The Hall–Kier alpha value is -4.85. The molecule has 0 radical (unpaired) electrons. The fourth-order valence-corrected chi connectivity index (χ4v) is 6.12. The molecule has 3 aliphatic rings. The minimum atomic E-state index is -1.17. The van der Waals surface area contributed by atoms with Crippen molar-refractivity contribution in [3.8, 4) is 5.75 Å². The summed E-state index contributed by atoms with van der Waals surface area (Å²) in [6.45, 7) is -0.566. The van der Waals surface area contributed by atoms with Crippen molar-refractivity contribution in [2.45, 2.75) is 18.9 Å². The lowest BCUT2D eigenvalue weighted by atomic mass is 9.85. The second-order valence-corrected chi connectivity index (χ2v) is 10.6. The first-order valence-corrected chi connectivity index (χ1v) is 13.6. The number of amides is 2. The second-order valence-electron chi connectivity index (χ2n) is 10.6. The van der Waals surface area contributed by atoms with Crippen LogP contribution in [0.2, 0.25) is 0 Å². The Morgan fingerprint density at radius 2 is 1.34 bits per heavy atom. The number of nitrogens with zero attached hydrogens (tertiary/aromatic N) is 1. The van der Waals surface area contributed by atoms with Crippen LogP contribution >= 0.6 is 0 Å². The van der Waals surface area contributed by atoms with Crippen molar-refractivity contribution >= 4 is 29.5 Å². The molecule has 8 nitrogen and oxygen atoms in total. The number of imide groups is 1. The molecular formula is C33H27NO7. The summed E-state index contributed by atoms with van der Waals surface area (Å²) in [5.74, 6) is -3.11. The van der Waals surface area contributed by atoms with Crippen LogP contribution in [0.5, 0.6) is 5.75 Å². The Morgan fingerprint density at radius 3 is 1.95 bits per heavy atom. The quantitative estimate of drug-likeness (QED) is 0.130. The van der Waals surface area contributed by atoms with Crippen LogP contribution in [0, 0.1) is 23.7 Å². The van der Waals surface area contributed by atoms with Gasteiger partial charge in [0.2, 0.25) is 11.8 Å². The predicted octanol–water partition coefficient (Wildman–Crippen LogP) is 4.05. The van der Waals surface area contributed by atoms with E-state index in [1.54, 1.807) is 30.3 Å². The maximum Gasteiger partial charge on any atom is 0.343 e. The molecule has 8 heteroatoms. The first-order chi connectivity index (χ1) is 19.9. The Bertz CT molecular complexity index is 1500. The molecule has 0 aromatic heterocycles. The van der Waals surface area contributed by atoms with Crippen LogP contribution in [-0.2, 0) is 25.5 Å². The van der Waals surface area contributed by atoms with Crippen molar-refractivity contribution in [2.24, 2.45) is 23.7 Å². The Morgan fingerprint density at radius 1 is 0.756 bits per heavy atom. The molecule has 5 atom stereocenters. The van der Waals surface area contributed by atoms with Gasteiger partial charge >= 0.3 is 11.9 Å². The molecule has 5 unspecified atom stereocenters. The molecule has 2 bridgehead atoms. The summed E-state index contributed by atoms with van der Waals surface area (Å²) in [5.41, 5.74) is 1.41. The van der Waals surface area contributed by atoms with Crippen molar-refractivity contribution in [3.63, 3.8) is 0 Å². The molecule has 2 aliphatic carbocycles. The summed E-state index contributed by atoms with van der Waals surface area (Å²) >= 11 is 0. The van der Waals surface area contributed by atoms with Crippen molar-refractivity contribution in [3.05, 3.63) is 114 Å². The van der Waals surface area contributed by atoms with Crippen LogP contribution in [0.1, 0.15) is 32.7 Å². The first kappa shape index (κ1) is 26.4. The van der Waals surface area contributed by atoms with E-state index >= 15 is 0 Å². The molecule has 41 heavy (non-hydrogen) atoms. The van der Waals surface area contributed by atoms with Gasteiger partial charge in [-0.25, -0.2) is 9.59 Å². The fourth-order valence-electron chi connectivity index (χ4n) is 6.12. The van der Waals surface area contributed by atoms with Crippen molar-refractivity contribution in [1.82, 2.24) is 4.90 Å². The van der Waals surface area contributed by atoms with Crippen molar-refractivity contribution in [2.75, 3.05) is 6.61 Å². The van der Waals surface area contributed by atoms with Gasteiger partial charge in [-0.05, 0) is 60.2 Å². The molecule has 3 aromatic carbocycles. The van der Waals surface area contributed by atoms with Gasteiger partial charge in [0.05, 0.1) is 17.4 Å². The maximum absolute atomic E-state index is 13.4. The van der Waals surface area contributed by atoms with E-state index in [2.05, 4.69) is 0 Å². The number of esters is 2. The van der Waals surface area contributed by atoms with Gasteiger partial charge in [-0.15, -0.1) is 0 Å². The molecule has 0 N–H and O–H groups in total. The highest BCUT2D eigenvalue weighted by molar-refractivity contribution is 6.09. The third kappa shape index (κ3) is 5.09. The Labute approximate surface area is 236 Å². The van der Waals surface area contributed by atoms with E-state index in [1.807, 2.05) is 42.5 Å². The van der Waals surface area contributed by atoms with Crippen LogP contribution < -0.4 is 4.74 Å². The standard InChI is InChI=1S/C33H27NO7/c35-27(21-13-15-25(16-14-21)41-32(38)22-9-5-2-6-10-22)19-40-33(39)26(17-20-7-3-1-4-8-20)34-30(36)28-23-11-12-24(18-23)29(28)31(34)37/h1-16,23-24,26,28-29H,17-19H2. The lowest BCUT2D eigenvalue weighted by Gasteiger charge is -2.26. The first-order valence-electron chi connectivity index (χ1n) is 13.6. The van der Waals surface area contributed by atoms with Crippen LogP contribution in [-0.4, -0.2) is 47.1 Å². The molecular weight excluding hydrogens is 522 g/mol. The number of likely N-dealkylation sites (tertiary alicyclic amines) is 1. The monoisotopic (exact) mass is 549 g/mol. The predicted molar refractivity (Wildman–Crippen MR) is 147 cm³/mol. The Kier molecular flexibility index (Phi) is 7.05. The number of rotatable bonds is 9. The number of allylic oxidation sites excluding steroid dienone is 2. The van der Waals surface area contributed by atoms with Crippen LogP contribution in [0.15, 0.2) is 97.1 Å². The van der Waals surface area contributed by atoms with Crippen molar-refractivity contribution in [1.29, 1.82) is 0 Å². The summed E-state index contributed by atoms with van der Waals surface area (Å²) in [6.07, 6.45) is 4.87. The number of benzene rings is 3. The molecule has 206 valence electrons. The van der Waals surface area contributed by atoms with E-state index in [9.17, 15) is 24.0 Å². The normalized spacial score (nSPS) is 22.9. The molecule has 2 fully saturated rings. The lowest BCUT2D eigenvalue weighted by molar-refractivity contribution is -0.158. The molecule has 2 amide bonds. The molecule has 3 aromatic rings. The average Bonchev–Trinajstić information content (AvgIpc) is 3.69. The number of carbonyl (C=O) groups is 5. The fraction of sp³-hybridized carbons (Fsp3) is 0.242. The molecule has 1 aliphatic heterocycles. The number of Topliss-reactive ketones (excluding diaryl/α,β-unsaturated/α-hetero) is 1. The lowest BCUT2D eigenvalue weighted by Crippen LogP contribution is -2.48. The number of ether oxygens (including phenoxy) is 2. The van der Waals surface area contributed by atoms with Gasteiger partial charge in [-0.3, -0.25) is 19.3 Å². The van der Waals surface area contributed by atoms with Gasteiger partial charge in [0.25, 0.3) is 0 Å². The summed E-state index contributed by atoms with van der Waals surface area (Å²) in [4.78, 5) is 66.5. The maximum atomic E-state index is 13.4. The van der Waals surface area contributed by atoms with Crippen LogP contribution in [0.3, 0.4) is 0 Å². The van der Waals surface area contributed by atoms with Crippen molar-refractivity contribution < 1.29 is 33.4 Å². The highest BCUT2D eigenvalue weighted by Gasteiger charge is 2.61. The molecule has 1 heterocycles. The van der Waals surface area contributed by atoms with Gasteiger partial charge in [-0.1, -0.05) is 60.7 Å². The number of fused-ring (bicyclic) bond motifs is 5. The zero-order valence-corrected chi connectivity index (χ0v) is 22.1. The average molecular weight is 550 g/mol. The van der Waals surface area contributed by atoms with Gasteiger partial charge in [0, 0.05) is 12.0 Å². The highest BCUT2D eigenvalue weighted by Crippen LogP contribution is 2.53. The second kappa shape index (κ2) is 11.0. The third-order valence-electron chi connectivity index (χ3n) is 8.10. The van der Waals surface area contributed by atoms with E-state index in [1.165, 1.54) is 24.3 Å². The number of carbonyl (C=O) groups excluding carboxylic acids is 5. The highest BCUT2D eigenvalue weighted by atomic mass is 16.5. The topological polar surface area (TPSA) is 107 Å². The van der Waals surface area contributed by atoms with Gasteiger partial charge in [0.1, 0.15) is 11.8 Å². The summed E-state index contributed by atoms with van der Waals surface area (Å²) in [7, 11) is 0. The zero-order chi connectivity index (χ0) is 28.5. The minimum absolute atomic E-state index is 0.0105. The van der Waals surface area contributed by atoms with Gasteiger partial charge in [0.15, 0.2) is 12.4 Å². The molecule has 1 saturated heterocycles. The van der Waals surface area contributed by atoms with Gasteiger partial charge < -0.3 is 9.47 Å². The third-order valence-corrected chi connectivity index (χ3v) is 8.10. The summed E-state index contributed by atoms with van der Waals surface area (Å²) in [5, 5.41) is 0. The van der Waals surface area contributed by atoms with Crippen LogP contribution in [0.25, 0.3) is 0 Å². The van der Waals surface area contributed by atoms with E-state index in [4.69, 9.17) is 9.47 Å². The minimum Gasteiger partial charge on any atom is -0.456 e. The van der Waals surface area contributed by atoms with Crippen LogP contribution in [0.4, 0.5) is 0 Å². The number of hydrogen-bond donors (Lipinski definition) is 0. The smallest absolute Gasteiger partial charge is 0.343 e. The van der Waals surface area contributed by atoms with E-state index < -0.39 is 42.2 Å². The number of ketones is 1. The van der Waals surface area contributed by atoms with E-state index in [-0.39, 0.29) is 41.4 Å². The largest absolute Gasteiger partial charge is 0.456 e. The summed E-state index contributed by atoms with van der Waals surface area (Å²) < 4.78 is 10.7. The summed E-state index contributed by atoms with van der Waals surface area (Å²) in [6, 6.07) is 22.4. The van der Waals surface area contributed by atoms with Gasteiger partial charge in [-0.2, -0.15) is 0 Å². The molecule has 1 saturated carbocycles. The number of hydrogen-bond acceptors (Lipinski definition) is 7. The Balaban J connectivity index is 1.13. The van der Waals surface area contributed by atoms with E-state index in [0.717, 1.165) is 16.9 Å². The molecule has 6 rings (SSSR count). The zero-order valence-electron chi connectivity index (χ0n) is 22.1. The SMILES string of the molecule is O=C(COC(=O)C(Cc1ccccc1)N1C(=O)C2C3C=CC(C3)C2C1=O)c1ccc(OC(=O)c2ccccc2)cc1. The molecule has 0 spiro atoms.